The lowest BCUT2D eigenvalue weighted by Crippen LogP contribution is -2.27. The number of nitrogens with one attached hydrogen (secondary N) is 1. The highest BCUT2D eigenvalue weighted by Crippen LogP contribution is 2.19. The van der Waals surface area contributed by atoms with Crippen LogP contribution in [0.2, 0.25) is 0 Å². The molecule has 0 spiro atoms. The Morgan fingerprint density at radius 3 is 2.66 bits per heavy atom. The highest BCUT2D eigenvalue weighted by molar-refractivity contribution is 6.03. The number of rotatable bonds is 3. The van der Waals surface area contributed by atoms with Crippen LogP contribution in [-0.4, -0.2) is 30.5 Å². The lowest BCUT2D eigenvalue weighted by atomic mass is 10.2. The van der Waals surface area contributed by atoms with Crippen LogP contribution in [0, 0.1) is 19.7 Å². The van der Waals surface area contributed by atoms with Gasteiger partial charge in [0.25, 0.3) is 5.91 Å². The Labute approximate surface area is 164 Å². The number of hydrogen-bond donors (Lipinski definition) is 1. The minimum atomic E-state index is -0.706. The van der Waals surface area contributed by atoms with Gasteiger partial charge in [0.1, 0.15) is 11.5 Å². The molecular weight excluding hydrogens is 375 g/mol. The first-order valence-corrected chi connectivity index (χ1v) is 8.82. The van der Waals surface area contributed by atoms with E-state index in [1.54, 1.807) is 36.9 Å². The zero-order chi connectivity index (χ0) is 20.7. The summed E-state index contributed by atoms with van der Waals surface area (Å²) in [6.07, 6.45) is 1.48. The van der Waals surface area contributed by atoms with E-state index < -0.39 is 17.2 Å². The molecule has 0 aliphatic rings. The number of hydrogen-bond acceptors (Lipinski definition) is 5. The van der Waals surface area contributed by atoms with Gasteiger partial charge in [0.15, 0.2) is 11.3 Å². The molecule has 0 atom stereocenters. The summed E-state index contributed by atoms with van der Waals surface area (Å²) in [5.74, 6) is -1.22. The van der Waals surface area contributed by atoms with Gasteiger partial charge in [0.2, 0.25) is 5.43 Å². The molecule has 0 aliphatic heterocycles. The van der Waals surface area contributed by atoms with Crippen molar-refractivity contribution in [3.8, 4) is 5.69 Å². The second-order valence-corrected chi connectivity index (χ2v) is 6.62. The van der Waals surface area contributed by atoms with Crippen LogP contribution in [-0.2, 0) is 7.05 Å². The fraction of sp³-hybridized carbons (Fsp3) is 0.150. The number of halogens is 1. The molecule has 0 saturated carbocycles. The first-order chi connectivity index (χ1) is 13.8. The normalized spacial score (nSPS) is 11.0. The van der Waals surface area contributed by atoms with Crippen LogP contribution in [0.4, 0.5) is 10.1 Å². The molecule has 9 heteroatoms. The molecule has 0 bridgehead atoms. The Bertz CT molecular complexity index is 1320. The van der Waals surface area contributed by atoms with Crippen molar-refractivity contribution in [1.29, 1.82) is 0 Å². The summed E-state index contributed by atoms with van der Waals surface area (Å²) in [5.41, 5.74) is 1.50. The maximum absolute atomic E-state index is 14.2. The Morgan fingerprint density at radius 1 is 1.14 bits per heavy atom. The number of carbonyl (C=O) groups excluding carboxylic acids is 1. The van der Waals surface area contributed by atoms with Gasteiger partial charge in [-0.15, -0.1) is 0 Å². The molecule has 3 heterocycles. The quantitative estimate of drug-likeness (QED) is 0.578. The zero-order valence-corrected chi connectivity index (χ0v) is 16.0. The predicted molar refractivity (Wildman–Crippen MR) is 106 cm³/mol. The van der Waals surface area contributed by atoms with Crippen molar-refractivity contribution >= 4 is 22.6 Å². The number of para-hydroxylation sites is 1. The summed E-state index contributed by atoms with van der Waals surface area (Å²) in [4.78, 5) is 29.4. The van der Waals surface area contributed by atoms with Gasteiger partial charge < -0.3 is 5.32 Å². The first-order valence-electron chi connectivity index (χ1n) is 8.82. The monoisotopic (exact) mass is 392 g/mol. The summed E-state index contributed by atoms with van der Waals surface area (Å²) in [7, 11) is 1.78. The van der Waals surface area contributed by atoms with Gasteiger partial charge in [-0.25, -0.2) is 14.1 Å². The van der Waals surface area contributed by atoms with Gasteiger partial charge in [-0.2, -0.15) is 10.2 Å². The van der Waals surface area contributed by atoms with E-state index >= 15 is 0 Å². The number of anilines is 1. The van der Waals surface area contributed by atoms with E-state index in [9.17, 15) is 14.0 Å². The summed E-state index contributed by atoms with van der Waals surface area (Å²) in [6, 6.07) is 8.98. The molecule has 0 fully saturated rings. The van der Waals surface area contributed by atoms with E-state index in [1.807, 2.05) is 6.92 Å². The van der Waals surface area contributed by atoms with Gasteiger partial charge in [-0.05, 0) is 32.0 Å². The van der Waals surface area contributed by atoms with Crippen LogP contribution < -0.4 is 10.7 Å². The lowest BCUT2D eigenvalue weighted by molar-refractivity contribution is 0.101. The minimum absolute atomic E-state index is 0.146. The van der Waals surface area contributed by atoms with Crippen molar-refractivity contribution < 1.29 is 9.18 Å². The molecule has 1 amide bonds. The maximum atomic E-state index is 14.2. The number of nitrogens with zero attached hydrogens (tertiary/aromatic N) is 5. The van der Waals surface area contributed by atoms with Gasteiger partial charge in [0.05, 0.1) is 17.6 Å². The smallest absolute Gasteiger partial charge is 0.280 e. The van der Waals surface area contributed by atoms with Crippen LogP contribution in [0.5, 0.6) is 0 Å². The third-order valence-corrected chi connectivity index (χ3v) is 4.52. The fourth-order valence-corrected chi connectivity index (χ4v) is 3.14. The molecule has 0 radical (unpaired) electrons. The highest BCUT2D eigenvalue weighted by atomic mass is 19.1. The van der Waals surface area contributed by atoms with Crippen LogP contribution in [0.25, 0.3) is 16.7 Å². The molecule has 146 valence electrons. The van der Waals surface area contributed by atoms with E-state index in [4.69, 9.17) is 0 Å². The lowest BCUT2D eigenvalue weighted by Gasteiger charge is -2.12. The Morgan fingerprint density at radius 2 is 1.90 bits per heavy atom. The Balaban J connectivity index is 1.72. The number of fused-ring (bicyclic) bond motifs is 1. The van der Waals surface area contributed by atoms with Crippen molar-refractivity contribution in [2.45, 2.75) is 13.8 Å². The van der Waals surface area contributed by atoms with Crippen LogP contribution in [0.3, 0.4) is 0 Å². The largest absolute Gasteiger partial charge is 0.319 e. The molecule has 29 heavy (non-hydrogen) atoms. The zero-order valence-electron chi connectivity index (χ0n) is 16.0. The number of aromatic nitrogens is 5. The van der Waals surface area contributed by atoms with Gasteiger partial charge in [-0.1, -0.05) is 12.1 Å². The third kappa shape index (κ3) is 3.27. The Kier molecular flexibility index (Phi) is 4.42. The standard InChI is InChI=1S/C20H17FN6O2/c1-11-8-17(28)18(25-27(11)16-7-5-4-6-15(16)21)20(29)23-13-9-14-12(2)24-26(3)19(14)22-10-13/h4-10H,1-3H3,(H,23,29). The minimum Gasteiger partial charge on any atom is -0.319 e. The third-order valence-electron chi connectivity index (χ3n) is 4.52. The summed E-state index contributed by atoms with van der Waals surface area (Å²) < 4.78 is 17.0. The number of amides is 1. The van der Waals surface area contributed by atoms with Crippen LogP contribution in [0.1, 0.15) is 21.9 Å². The van der Waals surface area contributed by atoms with Crippen molar-refractivity contribution in [2.75, 3.05) is 5.32 Å². The average Bonchev–Trinajstić information content (AvgIpc) is 2.96. The van der Waals surface area contributed by atoms with E-state index in [2.05, 4.69) is 20.5 Å². The van der Waals surface area contributed by atoms with E-state index in [0.717, 1.165) is 11.1 Å². The molecule has 1 N–H and O–H groups in total. The van der Waals surface area contributed by atoms with Crippen LogP contribution in [0.15, 0.2) is 47.4 Å². The second kappa shape index (κ2) is 6.93. The average molecular weight is 392 g/mol. The summed E-state index contributed by atoms with van der Waals surface area (Å²) in [5, 5.41) is 11.8. The molecule has 1 aromatic carbocycles. The molecule has 4 aromatic rings. The molecule has 0 saturated heterocycles. The number of aryl methyl sites for hydroxylation is 3. The molecule has 3 aromatic heterocycles. The SMILES string of the molecule is Cc1nn(C)c2ncc(NC(=O)c3nn(-c4ccccc4F)c(C)cc3=O)cc12. The molecule has 4 rings (SSSR count). The first kappa shape index (κ1) is 18.5. The van der Waals surface area contributed by atoms with Crippen molar-refractivity contribution in [3.63, 3.8) is 0 Å². The maximum Gasteiger partial charge on any atom is 0.280 e. The molecular formula is C20H17FN6O2. The number of carbonyl (C=O) groups is 1. The fourth-order valence-electron chi connectivity index (χ4n) is 3.14. The van der Waals surface area contributed by atoms with Gasteiger partial charge in [-0.3, -0.25) is 14.3 Å². The van der Waals surface area contributed by atoms with Gasteiger partial charge in [0, 0.05) is 24.2 Å². The van der Waals surface area contributed by atoms with Gasteiger partial charge >= 0.3 is 0 Å². The van der Waals surface area contributed by atoms with E-state index in [-0.39, 0.29) is 11.4 Å². The molecule has 0 unspecified atom stereocenters. The topological polar surface area (TPSA) is 94.7 Å². The second-order valence-electron chi connectivity index (χ2n) is 6.62. The number of benzene rings is 1. The van der Waals surface area contributed by atoms with E-state index in [0.29, 0.717) is 17.0 Å². The molecule has 0 aliphatic carbocycles. The summed E-state index contributed by atoms with van der Waals surface area (Å²) in [6.45, 7) is 3.45. The van der Waals surface area contributed by atoms with Crippen molar-refractivity contribution in [1.82, 2.24) is 24.5 Å². The Hall–Kier alpha value is -3.88. The summed E-state index contributed by atoms with van der Waals surface area (Å²) >= 11 is 0. The van der Waals surface area contributed by atoms with E-state index in [1.165, 1.54) is 29.1 Å². The number of pyridine rings is 1. The van der Waals surface area contributed by atoms with Crippen LogP contribution >= 0.6 is 0 Å². The predicted octanol–water partition coefficient (Wildman–Crippen LogP) is 2.52. The molecule has 8 nitrogen and oxygen atoms in total. The van der Waals surface area contributed by atoms with Crippen molar-refractivity contribution in [2.24, 2.45) is 7.05 Å². The van der Waals surface area contributed by atoms with Crippen molar-refractivity contribution in [3.05, 3.63) is 75.7 Å². The highest BCUT2D eigenvalue weighted by Gasteiger charge is 2.17.